The molecule has 0 aliphatic rings. The molecule has 7 heteroatoms. The molecule has 1 rings (SSSR count). The van der Waals surface area contributed by atoms with Crippen molar-refractivity contribution < 1.29 is 9.66 Å². The van der Waals surface area contributed by atoms with Gasteiger partial charge in [-0.1, -0.05) is 18.5 Å². The molecule has 6 nitrogen and oxygen atoms in total. The maximum atomic E-state index is 10.7. The molecule has 0 amide bonds. The van der Waals surface area contributed by atoms with Crippen LogP contribution in [-0.4, -0.2) is 17.1 Å². The molecule has 0 bridgehead atoms. The summed E-state index contributed by atoms with van der Waals surface area (Å²) in [6.45, 7) is 2.14. The average Bonchev–Trinajstić information content (AvgIpc) is 2.44. The summed E-state index contributed by atoms with van der Waals surface area (Å²) in [4.78, 5) is 10.1. The average molecular weight is 298 g/mol. The number of benzene rings is 1. The number of nitrogens with zero attached hydrogens (tertiary/aromatic N) is 2. The highest BCUT2D eigenvalue weighted by Crippen LogP contribution is 2.29. The Labute approximate surface area is 122 Å². The molecule has 0 spiro atoms. The number of rotatable bonds is 7. The number of nitriles is 1. The molecule has 108 valence electrons. The van der Waals surface area contributed by atoms with Crippen molar-refractivity contribution in [1.29, 1.82) is 5.26 Å². The van der Waals surface area contributed by atoms with Crippen molar-refractivity contribution in [1.82, 2.24) is 0 Å². The van der Waals surface area contributed by atoms with Crippen molar-refractivity contribution in [3.05, 3.63) is 33.3 Å². The summed E-state index contributed by atoms with van der Waals surface area (Å²) in [5.74, 6) is 0.261. The van der Waals surface area contributed by atoms with Crippen molar-refractivity contribution in [2.75, 3.05) is 6.61 Å². The molecule has 1 aromatic carbocycles. The fourth-order valence-electron chi connectivity index (χ4n) is 1.60. The van der Waals surface area contributed by atoms with Gasteiger partial charge in [-0.2, -0.15) is 5.26 Å². The van der Waals surface area contributed by atoms with Crippen LogP contribution in [0.1, 0.15) is 26.2 Å². The van der Waals surface area contributed by atoms with Crippen LogP contribution >= 0.6 is 11.6 Å². The topological polar surface area (TPSA) is 102 Å². The Balaban J connectivity index is 2.56. The van der Waals surface area contributed by atoms with E-state index in [-0.39, 0.29) is 11.4 Å². The molecule has 0 fully saturated rings. The predicted molar refractivity (Wildman–Crippen MR) is 75.7 cm³/mol. The van der Waals surface area contributed by atoms with Gasteiger partial charge in [-0.15, -0.1) is 0 Å². The summed E-state index contributed by atoms with van der Waals surface area (Å²) in [5, 5.41) is 19.9. The minimum Gasteiger partial charge on any atom is -0.492 e. The highest BCUT2D eigenvalue weighted by atomic mass is 35.5. The fourth-order valence-corrected chi connectivity index (χ4v) is 1.77. The van der Waals surface area contributed by atoms with Crippen LogP contribution < -0.4 is 10.5 Å². The molecule has 1 unspecified atom stereocenters. The Kier molecular flexibility index (Phi) is 5.74. The fraction of sp³-hybridized carbons (Fsp3) is 0.462. The highest BCUT2D eigenvalue weighted by molar-refractivity contribution is 6.32. The molecule has 0 saturated heterocycles. The minimum absolute atomic E-state index is 0.0804. The maximum Gasteiger partial charge on any atom is 0.273 e. The Morgan fingerprint density at radius 1 is 1.60 bits per heavy atom. The second-order valence-corrected chi connectivity index (χ2v) is 4.85. The van der Waals surface area contributed by atoms with Gasteiger partial charge in [0.15, 0.2) is 0 Å². The van der Waals surface area contributed by atoms with Gasteiger partial charge in [-0.05, 0) is 25.3 Å². The first-order chi connectivity index (χ1) is 9.41. The van der Waals surface area contributed by atoms with Gasteiger partial charge < -0.3 is 10.5 Å². The highest BCUT2D eigenvalue weighted by Gasteiger charge is 2.21. The van der Waals surface area contributed by atoms with E-state index in [2.05, 4.69) is 6.07 Å². The molecule has 1 atom stereocenters. The van der Waals surface area contributed by atoms with Crippen LogP contribution in [0, 0.1) is 21.4 Å². The zero-order chi connectivity index (χ0) is 15.2. The zero-order valence-electron chi connectivity index (χ0n) is 11.1. The SMILES string of the molecule is CCC(N)(C#N)CCCOc1cc([N+](=O)[O-])ccc1Cl. The van der Waals surface area contributed by atoms with Crippen LogP contribution in [0.4, 0.5) is 5.69 Å². The van der Waals surface area contributed by atoms with Crippen LogP contribution in [0.15, 0.2) is 18.2 Å². The maximum absolute atomic E-state index is 10.7. The lowest BCUT2D eigenvalue weighted by molar-refractivity contribution is -0.384. The molecule has 0 aliphatic heterocycles. The lowest BCUT2D eigenvalue weighted by atomic mass is 9.94. The van der Waals surface area contributed by atoms with Crippen LogP contribution in [0.3, 0.4) is 0 Å². The summed E-state index contributed by atoms with van der Waals surface area (Å²) in [7, 11) is 0. The number of nitrogens with two attached hydrogens (primary N) is 1. The van der Waals surface area contributed by atoms with E-state index in [0.29, 0.717) is 30.9 Å². The third-order valence-corrected chi connectivity index (χ3v) is 3.32. The number of nitro groups is 1. The molecule has 20 heavy (non-hydrogen) atoms. The summed E-state index contributed by atoms with van der Waals surface area (Å²) in [5.41, 5.74) is 4.91. The Morgan fingerprint density at radius 2 is 2.30 bits per heavy atom. The molecule has 0 saturated carbocycles. The third kappa shape index (κ3) is 4.37. The quantitative estimate of drug-likeness (QED) is 0.473. The first-order valence-corrected chi connectivity index (χ1v) is 6.56. The first-order valence-electron chi connectivity index (χ1n) is 6.19. The van der Waals surface area contributed by atoms with Crippen molar-refractivity contribution in [3.63, 3.8) is 0 Å². The van der Waals surface area contributed by atoms with E-state index in [1.807, 2.05) is 6.92 Å². The summed E-state index contributed by atoms with van der Waals surface area (Å²) in [6, 6.07) is 6.08. The van der Waals surface area contributed by atoms with E-state index < -0.39 is 10.5 Å². The molecule has 0 radical (unpaired) electrons. The van der Waals surface area contributed by atoms with E-state index >= 15 is 0 Å². The summed E-state index contributed by atoms with van der Waals surface area (Å²) < 4.78 is 5.41. The Bertz CT molecular complexity index is 530. The molecular formula is C13H16ClN3O3. The zero-order valence-corrected chi connectivity index (χ0v) is 11.9. The standard InChI is InChI=1S/C13H16ClN3O3/c1-2-13(16,9-15)6-3-7-20-12-8-10(17(18)19)4-5-11(12)14/h4-5,8H,2-3,6-7,16H2,1H3. The second kappa shape index (κ2) is 7.08. The molecule has 0 aromatic heterocycles. The van der Waals surface area contributed by atoms with E-state index in [0.717, 1.165) is 0 Å². The number of ether oxygens (including phenoxy) is 1. The van der Waals surface area contributed by atoms with Crippen molar-refractivity contribution >= 4 is 17.3 Å². The number of hydrogen-bond acceptors (Lipinski definition) is 5. The number of halogens is 1. The van der Waals surface area contributed by atoms with Gasteiger partial charge in [-0.25, -0.2) is 0 Å². The van der Waals surface area contributed by atoms with Gasteiger partial charge in [0, 0.05) is 6.07 Å². The van der Waals surface area contributed by atoms with Crippen LogP contribution in [-0.2, 0) is 0 Å². The van der Waals surface area contributed by atoms with Gasteiger partial charge in [0.2, 0.25) is 0 Å². The van der Waals surface area contributed by atoms with Crippen molar-refractivity contribution in [2.24, 2.45) is 5.73 Å². The van der Waals surface area contributed by atoms with Gasteiger partial charge >= 0.3 is 0 Å². The predicted octanol–water partition coefficient (Wildman–Crippen LogP) is 3.04. The van der Waals surface area contributed by atoms with Gasteiger partial charge in [0.05, 0.1) is 28.7 Å². The van der Waals surface area contributed by atoms with Gasteiger partial charge in [0.25, 0.3) is 5.69 Å². The van der Waals surface area contributed by atoms with Gasteiger partial charge in [0.1, 0.15) is 11.3 Å². The monoisotopic (exact) mass is 297 g/mol. The number of hydrogen-bond donors (Lipinski definition) is 1. The normalized spacial score (nSPS) is 13.3. The van der Waals surface area contributed by atoms with E-state index in [9.17, 15) is 10.1 Å². The largest absolute Gasteiger partial charge is 0.492 e. The molecule has 1 aromatic rings. The lowest BCUT2D eigenvalue weighted by Gasteiger charge is -2.19. The van der Waals surface area contributed by atoms with Crippen LogP contribution in [0.5, 0.6) is 5.75 Å². The van der Waals surface area contributed by atoms with Crippen LogP contribution in [0.2, 0.25) is 5.02 Å². The van der Waals surface area contributed by atoms with Crippen molar-refractivity contribution in [2.45, 2.75) is 31.7 Å². The lowest BCUT2D eigenvalue weighted by Crippen LogP contribution is -2.37. The number of nitro benzene ring substituents is 1. The molecule has 0 aliphatic carbocycles. The first kappa shape index (κ1) is 16.2. The summed E-state index contributed by atoms with van der Waals surface area (Å²) in [6.07, 6.45) is 1.62. The number of non-ortho nitro benzene ring substituents is 1. The van der Waals surface area contributed by atoms with E-state index in [4.69, 9.17) is 27.3 Å². The molecular weight excluding hydrogens is 282 g/mol. The van der Waals surface area contributed by atoms with E-state index in [1.165, 1.54) is 18.2 Å². The van der Waals surface area contributed by atoms with Crippen LogP contribution in [0.25, 0.3) is 0 Å². The smallest absolute Gasteiger partial charge is 0.273 e. The second-order valence-electron chi connectivity index (χ2n) is 4.45. The Hall–Kier alpha value is -1.84. The molecule has 0 heterocycles. The summed E-state index contributed by atoms with van der Waals surface area (Å²) >= 11 is 5.90. The van der Waals surface area contributed by atoms with Gasteiger partial charge in [-0.3, -0.25) is 10.1 Å². The van der Waals surface area contributed by atoms with E-state index in [1.54, 1.807) is 0 Å². The molecule has 2 N–H and O–H groups in total. The Morgan fingerprint density at radius 3 is 2.85 bits per heavy atom. The minimum atomic E-state index is -0.851. The third-order valence-electron chi connectivity index (χ3n) is 3.00. The van der Waals surface area contributed by atoms with Crippen molar-refractivity contribution in [3.8, 4) is 11.8 Å².